The summed E-state index contributed by atoms with van der Waals surface area (Å²) in [7, 11) is 0. The Hall–Kier alpha value is -1.19. The van der Waals surface area contributed by atoms with E-state index in [1.165, 1.54) is 17.0 Å². The highest BCUT2D eigenvalue weighted by atomic mass is 32.1. The predicted octanol–water partition coefficient (Wildman–Crippen LogP) is 3.60. The molecule has 0 radical (unpaired) electrons. The van der Waals surface area contributed by atoms with Crippen LogP contribution in [0.5, 0.6) is 0 Å². The van der Waals surface area contributed by atoms with Gasteiger partial charge in [-0.3, -0.25) is 0 Å². The van der Waals surface area contributed by atoms with E-state index in [0.717, 1.165) is 37.0 Å². The second-order valence-electron chi connectivity index (χ2n) is 5.43. The summed E-state index contributed by atoms with van der Waals surface area (Å²) in [6.45, 7) is 4.66. The molecule has 1 aromatic carbocycles. The van der Waals surface area contributed by atoms with Crippen LogP contribution in [0.3, 0.4) is 0 Å². The monoisotopic (exact) mass is 272 g/mol. The molecule has 1 aliphatic heterocycles. The van der Waals surface area contributed by atoms with E-state index in [0.29, 0.717) is 0 Å². The standard InChI is InChI=1S/C16H20N2S/c1-12-10-17-8-7-14(12)9-16-18-15(11-19-16)13-5-3-2-4-6-13/h2-6,11-12,14,17H,7-10H2,1H3. The molecule has 0 aliphatic carbocycles. The minimum absolute atomic E-state index is 0.762. The molecule has 1 saturated heterocycles. The summed E-state index contributed by atoms with van der Waals surface area (Å²) < 4.78 is 0. The number of thiazole rings is 1. The first-order valence-corrected chi connectivity index (χ1v) is 7.91. The Morgan fingerprint density at radius 2 is 2.16 bits per heavy atom. The number of benzene rings is 1. The van der Waals surface area contributed by atoms with Crippen LogP contribution in [0, 0.1) is 11.8 Å². The minimum Gasteiger partial charge on any atom is -0.316 e. The van der Waals surface area contributed by atoms with E-state index in [2.05, 4.69) is 41.9 Å². The average molecular weight is 272 g/mol. The Balaban J connectivity index is 1.71. The van der Waals surface area contributed by atoms with Gasteiger partial charge < -0.3 is 5.32 Å². The second-order valence-corrected chi connectivity index (χ2v) is 6.37. The summed E-state index contributed by atoms with van der Waals surface area (Å²) in [5, 5.41) is 6.94. The van der Waals surface area contributed by atoms with Crippen LogP contribution in [-0.2, 0) is 6.42 Å². The zero-order valence-corrected chi connectivity index (χ0v) is 12.1. The summed E-state index contributed by atoms with van der Waals surface area (Å²) in [4.78, 5) is 4.81. The highest BCUT2D eigenvalue weighted by molar-refractivity contribution is 7.09. The van der Waals surface area contributed by atoms with Crippen LogP contribution < -0.4 is 5.32 Å². The molecule has 100 valence electrons. The molecule has 2 nitrogen and oxygen atoms in total. The Morgan fingerprint density at radius 3 is 2.95 bits per heavy atom. The molecular formula is C16H20N2S. The molecule has 2 heterocycles. The molecule has 2 aromatic rings. The maximum Gasteiger partial charge on any atom is 0.0935 e. The molecule has 1 N–H and O–H groups in total. The summed E-state index contributed by atoms with van der Waals surface area (Å²) in [6, 6.07) is 10.5. The second kappa shape index (κ2) is 5.85. The smallest absolute Gasteiger partial charge is 0.0935 e. The van der Waals surface area contributed by atoms with Crippen molar-refractivity contribution in [3.8, 4) is 11.3 Å². The summed E-state index contributed by atoms with van der Waals surface area (Å²) in [5.41, 5.74) is 2.35. The molecule has 0 bridgehead atoms. The zero-order chi connectivity index (χ0) is 13.1. The Kier molecular flexibility index (Phi) is 3.95. The molecule has 0 spiro atoms. The number of nitrogens with one attached hydrogen (secondary N) is 1. The molecule has 3 rings (SSSR count). The van der Waals surface area contributed by atoms with Crippen molar-refractivity contribution in [2.45, 2.75) is 19.8 Å². The fourth-order valence-corrected chi connectivity index (χ4v) is 3.64. The van der Waals surface area contributed by atoms with Gasteiger partial charge in [-0.15, -0.1) is 11.3 Å². The fourth-order valence-electron chi connectivity index (χ4n) is 2.74. The lowest BCUT2D eigenvalue weighted by Crippen LogP contribution is -2.35. The van der Waals surface area contributed by atoms with Gasteiger partial charge in [0.15, 0.2) is 0 Å². The van der Waals surface area contributed by atoms with Crippen molar-refractivity contribution in [3.05, 3.63) is 40.7 Å². The van der Waals surface area contributed by atoms with E-state index in [1.54, 1.807) is 0 Å². The molecule has 3 heteroatoms. The van der Waals surface area contributed by atoms with Crippen LogP contribution in [0.25, 0.3) is 11.3 Å². The summed E-state index contributed by atoms with van der Waals surface area (Å²) in [5.74, 6) is 1.55. The van der Waals surface area contributed by atoms with E-state index in [-0.39, 0.29) is 0 Å². The molecule has 2 atom stereocenters. The van der Waals surface area contributed by atoms with Gasteiger partial charge >= 0.3 is 0 Å². The van der Waals surface area contributed by atoms with Crippen molar-refractivity contribution < 1.29 is 0 Å². The maximum atomic E-state index is 4.81. The van der Waals surface area contributed by atoms with Crippen molar-refractivity contribution in [2.24, 2.45) is 11.8 Å². The highest BCUT2D eigenvalue weighted by Crippen LogP contribution is 2.27. The largest absolute Gasteiger partial charge is 0.316 e. The minimum atomic E-state index is 0.762. The van der Waals surface area contributed by atoms with E-state index in [1.807, 2.05) is 17.4 Å². The Bertz CT molecular complexity index is 521. The first kappa shape index (κ1) is 12.8. The predicted molar refractivity (Wildman–Crippen MR) is 81.4 cm³/mol. The van der Waals surface area contributed by atoms with Crippen molar-refractivity contribution in [2.75, 3.05) is 13.1 Å². The van der Waals surface area contributed by atoms with Gasteiger partial charge in [-0.05, 0) is 31.3 Å². The molecule has 1 fully saturated rings. The van der Waals surface area contributed by atoms with Crippen molar-refractivity contribution in [3.63, 3.8) is 0 Å². The number of nitrogens with zero attached hydrogens (tertiary/aromatic N) is 1. The van der Waals surface area contributed by atoms with Gasteiger partial charge in [-0.1, -0.05) is 37.3 Å². The maximum absolute atomic E-state index is 4.81. The van der Waals surface area contributed by atoms with Gasteiger partial charge in [-0.2, -0.15) is 0 Å². The Labute approximate surface area is 118 Å². The van der Waals surface area contributed by atoms with E-state index in [9.17, 15) is 0 Å². The third kappa shape index (κ3) is 3.04. The van der Waals surface area contributed by atoms with Gasteiger partial charge in [0, 0.05) is 17.4 Å². The van der Waals surface area contributed by atoms with Gasteiger partial charge in [-0.25, -0.2) is 4.98 Å². The van der Waals surface area contributed by atoms with Crippen LogP contribution in [0.1, 0.15) is 18.4 Å². The highest BCUT2D eigenvalue weighted by Gasteiger charge is 2.22. The van der Waals surface area contributed by atoms with Gasteiger partial charge in [0.05, 0.1) is 10.7 Å². The lowest BCUT2D eigenvalue weighted by Gasteiger charge is -2.28. The number of piperidine rings is 1. The molecule has 1 aromatic heterocycles. The lowest BCUT2D eigenvalue weighted by atomic mass is 9.86. The molecule has 1 aliphatic rings. The van der Waals surface area contributed by atoms with Crippen LogP contribution in [0.4, 0.5) is 0 Å². The first-order valence-electron chi connectivity index (χ1n) is 7.03. The topological polar surface area (TPSA) is 24.9 Å². The molecular weight excluding hydrogens is 252 g/mol. The van der Waals surface area contributed by atoms with Gasteiger partial charge in [0.25, 0.3) is 0 Å². The third-order valence-electron chi connectivity index (χ3n) is 4.02. The van der Waals surface area contributed by atoms with Gasteiger partial charge in [0.2, 0.25) is 0 Å². The molecule has 0 amide bonds. The SMILES string of the molecule is CC1CNCCC1Cc1nc(-c2ccccc2)cs1. The van der Waals surface area contributed by atoms with E-state index >= 15 is 0 Å². The Morgan fingerprint density at radius 1 is 1.32 bits per heavy atom. The summed E-state index contributed by atoms with van der Waals surface area (Å²) >= 11 is 1.81. The van der Waals surface area contributed by atoms with E-state index < -0.39 is 0 Å². The molecule has 0 saturated carbocycles. The average Bonchev–Trinajstić information content (AvgIpc) is 2.91. The third-order valence-corrected chi connectivity index (χ3v) is 4.89. The molecule has 19 heavy (non-hydrogen) atoms. The van der Waals surface area contributed by atoms with Gasteiger partial charge in [0.1, 0.15) is 0 Å². The van der Waals surface area contributed by atoms with Crippen LogP contribution in [0.15, 0.2) is 35.7 Å². The fraction of sp³-hybridized carbons (Fsp3) is 0.438. The lowest BCUT2D eigenvalue weighted by molar-refractivity contribution is 0.272. The number of hydrogen-bond acceptors (Lipinski definition) is 3. The zero-order valence-electron chi connectivity index (χ0n) is 11.3. The quantitative estimate of drug-likeness (QED) is 0.923. The van der Waals surface area contributed by atoms with Crippen molar-refractivity contribution >= 4 is 11.3 Å². The normalized spacial score (nSPS) is 23.4. The number of rotatable bonds is 3. The van der Waals surface area contributed by atoms with Crippen LogP contribution in [0.2, 0.25) is 0 Å². The first-order chi connectivity index (χ1) is 9.33. The van der Waals surface area contributed by atoms with Crippen LogP contribution >= 0.6 is 11.3 Å². The van der Waals surface area contributed by atoms with Crippen LogP contribution in [-0.4, -0.2) is 18.1 Å². The van der Waals surface area contributed by atoms with E-state index in [4.69, 9.17) is 4.98 Å². The number of hydrogen-bond donors (Lipinski definition) is 1. The van der Waals surface area contributed by atoms with Crippen molar-refractivity contribution in [1.82, 2.24) is 10.3 Å². The number of aromatic nitrogens is 1. The molecule has 2 unspecified atom stereocenters. The van der Waals surface area contributed by atoms with Crippen molar-refractivity contribution in [1.29, 1.82) is 0 Å². The summed E-state index contributed by atoms with van der Waals surface area (Å²) in [6.07, 6.45) is 2.42.